The van der Waals surface area contributed by atoms with Crippen LogP contribution in [0.3, 0.4) is 0 Å². The SMILES string of the molecule is CCCCN(C)S(=O)(=O)c1ccc(C(=O)Nc2sc3c(c2C#N)CC[C@@H](C)C3)cc1. The van der Waals surface area contributed by atoms with Crippen molar-refractivity contribution in [2.24, 2.45) is 5.92 Å². The average molecular weight is 446 g/mol. The highest BCUT2D eigenvalue weighted by Gasteiger charge is 2.25. The van der Waals surface area contributed by atoms with E-state index in [1.807, 2.05) is 6.92 Å². The van der Waals surface area contributed by atoms with Gasteiger partial charge in [-0.15, -0.1) is 11.3 Å². The zero-order valence-corrected chi connectivity index (χ0v) is 19.2. The lowest BCUT2D eigenvalue weighted by Crippen LogP contribution is -2.28. The van der Waals surface area contributed by atoms with Crippen molar-refractivity contribution in [2.75, 3.05) is 18.9 Å². The minimum atomic E-state index is -3.57. The van der Waals surface area contributed by atoms with E-state index in [0.29, 0.717) is 28.6 Å². The number of nitriles is 1. The lowest BCUT2D eigenvalue weighted by molar-refractivity contribution is 0.102. The second-order valence-electron chi connectivity index (χ2n) is 7.83. The van der Waals surface area contributed by atoms with Gasteiger partial charge in [0.1, 0.15) is 11.1 Å². The highest BCUT2D eigenvalue weighted by atomic mass is 32.2. The van der Waals surface area contributed by atoms with Crippen LogP contribution >= 0.6 is 11.3 Å². The number of thiophene rings is 1. The number of rotatable bonds is 7. The second kappa shape index (κ2) is 9.29. The Labute approximate surface area is 182 Å². The van der Waals surface area contributed by atoms with Crippen LogP contribution in [-0.4, -0.2) is 32.2 Å². The average Bonchev–Trinajstić information content (AvgIpc) is 3.07. The first kappa shape index (κ1) is 22.5. The summed E-state index contributed by atoms with van der Waals surface area (Å²) in [7, 11) is -2.01. The first-order chi connectivity index (χ1) is 14.3. The summed E-state index contributed by atoms with van der Waals surface area (Å²) in [5, 5.41) is 13.0. The number of hydrogen-bond acceptors (Lipinski definition) is 5. The summed E-state index contributed by atoms with van der Waals surface area (Å²) in [6.45, 7) is 4.66. The van der Waals surface area contributed by atoms with Crippen LogP contribution in [0.5, 0.6) is 0 Å². The Morgan fingerprint density at radius 1 is 1.33 bits per heavy atom. The first-order valence-corrected chi connectivity index (χ1v) is 12.5. The van der Waals surface area contributed by atoms with Gasteiger partial charge < -0.3 is 5.32 Å². The van der Waals surface area contributed by atoms with Crippen LogP contribution in [0.25, 0.3) is 0 Å². The molecule has 6 nitrogen and oxygen atoms in total. The Hall–Kier alpha value is -2.21. The number of carbonyl (C=O) groups is 1. The lowest BCUT2D eigenvalue weighted by Gasteiger charge is -2.17. The van der Waals surface area contributed by atoms with Gasteiger partial charge in [-0.2, -0.15) is 5.26 Å². The Morgan fingerprint density at radius 2 is 2.03 bits per heavy atom. The van der Waals surface area contributed by atoms with Crippen LogP contribution in [0, 0.1) is 17.2 Å². The number of sulfonamides is 1. The third-order valence-corrected chi connectivity index (χ3v) is 8.54. The van der Waals surface area contributed by atoms with E-state index < -0.39 is 10.0 Å². The number of unbranched alkanes of at least 4 members (excludes halogenated alkanes) is 1. The molecule has 1 aromatic heterocycles. The largest absolute Gasteiger partial charge is 0.312 e. The summed E-state index contributed by atoms with van der Waals surface area (Å²) in [5.41, 5.74) is 1.98. The molecule has 3 rings (SSSR count). The molecule has 1 amide bonds. The summed E-state index contributed by atoms with van der Waals surface area (Å²) in [5.74, 6) is 0.234. The van der Waals surface area contributed by atoms with Gasteiger partial charge in [0.2, 0.25) is 10.0 Å². The summed E-state index contributed by atoms with van der Waals surface area (Å²) < 4.78 is 26.6. The zero-order valence-electron chi connectivity index (χ0n) is 17.6. The predicted molar refractivity (Wildman–Crippen MR) is 119 cm³/mol. The molecule has 0 fully saturated rings. The predicted octanol–water partition coefficient (Wildman–Crippen LogP) is 4.42. The normalized spacial score (nSPS) is 16.2. The van der Waals surface area contributed by atoms with Crippen molar-refractivity contribution in [1.82, 2.24) is 4.31 Å². The highest BCUT2D eigenvalue weighted by molar-refractivity contribution is 7.89. The number of carbonyl (C=O) groups excluding carboxylic acids is 1. The number of anilines is 1. The number of nitrogens with one attached hydrogen (secondary N) is 1. The molecule has 1 N–H and O–H groups in total. The van der Waals surface area contributed by atoms with E-state index in [9.17, 15) is 18.5 Å². The molecule has 1 aliphatic rings. The molecule has 1 heterocycles. The maximum atomic E-state index is 12.7. The van der Waals surface area contributed by atoms with E-state index in [-0.39, 0.29) is 10.8 Å². The maximum absolute atomic E-state index is 12.7. The highest BCUT2D eigenvalue weighted by Crippen LogP contribution is 2.39. The molecule has 1 atom stereocenters. The van der Waals surface area contributed by atoms with Gasteiger partial charge in [0, 0.05) is 24.0 Å². The van der Waals surface area contributed by atoms with Gasteiger partial charge in [0.25, 0.3) is 5.91 Å². The Morgan fingerprint density at radius 3 is 2.67 bits per heavy atom. The Bertz CT molecular complexity index is 1070. The number of fused-ring (bicyclic) bond motifs is 1. The monoisotopic (exact) mass is 445 g/mol. The summed E-state index contributed by atoms with van der Waals surface area (Å²) in [6, 6.07) is 8.18. The molecule has 8 heteroatoms. The minimum absolute atomic E-state index is 0.163. The van der Waals surface area contributed by atoms with Crippen molar-refractivity contribution in [3.05, 3.63) is 45.8 Å². The van der Waals surface area contributed by atoms with E-state index >= 15 is 0 Å². The molecule has 160 valence electrons. The fraction of sp³-hybridized carbons (Fsp3) is 0.455. The molecule has 0 radical (unpaired) electrons. The van der Waals surface area contributed by atoms with Gasteiger partial charge in [0.05, 0.1) is 10.5 Å². The number of amides is 1. The van der Waals surface area contributed by atoms with Crippen LogP contribution in [0.15, 0.2) is 29.2 Å². The van der Waals surface area contributed by atoms with E-state index in [0.717, 1.165) is 37.7 Å². The summed E-state index contributed by atoms with van der Waals surface area (Å²) >= 11 is 1.48. The number of nitrogens with zero attached hydrogens (tertiary/aromatic N) is 2. The van der Waals surface area contributed by atoms with Crippen molar-refractivity contribution in [3.8, 4) is 6.07 Å². The third-order valence-electron chi connectivity index (χ3n) is 5.50. The molecule has 0 unspecified atom stereocenters. The fourth-order valence-electron chi connectivity index (χ4n) is 3.59. The van der Waals surface area contributed by atoms with Crippen LogP contribution in [0.4, 0.5) is 5.00 Å². The molecular weight excluding hydrogens is 418 g/mol. The molecule has 0 aliphatic heterocycles. The van der Waals surface area contributed by atoms with Gasteiger partial charge >= 0.3 is 0 Å². The molecule has 0 saturated carbocycles. The molecule has 0 bridgehead atoms. The molecule has 2 aromatic rings. The van der Waals surface area contributed by atoms with Crippen molar-refractivity contribution in [3.63, 3.8) is 0 Å². The summed E-state index contributed by atoms with van der Waals surface area (Å²) in [6.07, 6.45) is 4.55. The van der Waals surface area contributed by atoms with Gasteiger partial charge in [-0.05, 0) is 61.4 Å². The quantitative estimate of drug-likeness (QED) is 0.683. The summed E-state index contributed by atoms with van der Waals surface area (Å²) in [4.78, 5) is 14.1. The van der Waals surface area contributed by atoms with Gasteiger partial charge in [0.15, 0.2) is 0 Å². The van der Waals surface area contributed by atoms with E-state index in [4.69, 9.17) is 0 Å². The van der Waals surface area contributed by atoms with Crippen molar-refractivity contribution in [2.45, 2.75) is 50.8 Å². The standard InChI is InChI=1S/C22H27N3O3S2/c1-4-5-12-25(3)30(27,28)17-9-7-16(8-10-17)21(26)24-22-19(14-23)18-11-6-15(2)13-20(18)29-22/h7-10,15H,4-6,11-13H2,1-3H3,(H,24,26)/t15-/m1/s1. The lowest BCUT2D eigenvalue weighted by atomic mass is 9.88. The van der Waals surface area contributed by atoms with E-state index in [1.165, 1.54) is 44.8 Å². The van der Waals surface area contributed by atoms with Gasteiger partial charge in [-0.25, -0.2) is 12.7 Å². The number of benzene rings is 1. The molecule has 0 saturated heterocycles. The zero-order chi connectivity index (χ0) is 21.9. The smallest absolute Gasteiger partial charge is 0.256 e. The molecule has 0 spiro atoms. The van der Waals surface area contributed by atoms with Crippen LogP contribution < -0.4 is 5.32 Å². The second-order valence-corrected chi connectivity index (χ2v) is 11.0. The molecule has 1 aromatic carbocycles. The van der Waals surface area contributed by atoms with E-state index in [1.54, 1.807) is 7.05 Å². The minimum Gasteiger partial charge on any atom is -0.312 e. The topological polar surface area (TPSA) is 90.3 Å². The third kappa shape index (κ3) is 4.59. The first-order valence-electron chi connectivity index (χ1n) is 10.2. The van der Waals surface area contributed by atoms with Crippen LogP contribution in [0.2, 0.25) is 0 Å². The molecule has 1 aliphatic carbocycles. The van der Waals surface area contributed by atoms with Crippen LogP contribution in [0.1, 0.15) is 59.5 Å². The molecule has 30 heavy (non-hydrogen) atoms. The van der Waals surface area contributed by atoms with Crippen molar-refractivity contribution in [1.29, 1.82) is 5.26 Å². The van der Waals surface area contributed by atoms with Crippen molar-refractivity contribution >= 4 is 32.3 Å². The Balaban J connectivity index is 1.77. The maximum Gasteiger partial charge on any atom is 0.256 e. The van der Waals surface area contributed by atoms with E-state index in [2.05, 4.69) is 18.3 Å². The fourth-order valence-corrected chi connectivity index (χ4v) is 6.16. The van der Waals surface area contributed by atoms with Crippen molar-refractivity contribution < 1.29 is 13.2 Å². The Kier molecular flexibility index (Phi) is 6.96. The van der Waals surface area contributed by atoms with Crippen LogP contribution in [-0.2, 0) is 22.9 Å². The molecular formula is C22H27N3O3S2. The van der Waals surface area contributed by atoms with Gasteiger partial charge in [-0.1, -0.05) is 20.3 Å². The van der Waals surface area contributed by atoms with Gasteiger partial charge in [-0.3, -0.25) is 4.79 Å². The number of hydrogen-bond donors (Lipinski definition) is 1.